The van der Waals surface area contributed by atoms with E-state index in [4.69, 9.17) is 0 Å². The summed E-state index contributed by atoms with van der Waals surface area (Å²) in [6, 6.07) is 19.1. The summed E-state index contributed by atoms with van der Waals surface area (Å²) in [5.41, 5.74) is 3.76. The van der Waals surface area contributed by atoms with Crippen LogP contribution in [0, 0.1) is 6.92 Å². The Balaban J connectivity index is 2.37. The zero-order valence-corrected chi connectivity index (χ0v) is 12.2. The lowest BCUT2D eigenvalue weighted by Gasteiger charge is -2.26. The van der Waals surface area contributed by atoms with Gasteiger partial charge >= 0.3 is 0 Å². The molecule has 2 rings (SSSR count). The Hall–Kier alpha value is -1.64. The van der Waals surface area contributed by atoms with Gasteiger partial charge in [0, 0.05) is 6.04 Å². The average molecular weight is 269 g/mol. The molecule has 2 atom stereocenters. The van der Waals surface area contributed by atoms with Gasteiger partial charge in [0.15, 0.2) is 0 Å². The Labute approximate surface area is 121 Å². The fourth-order valence-electron chi connectivity index (χ4n) is 2.46. The van der Waals surface area contributed by atoms with E-state index in [1.807, 2.05) is 6.07 Å². The van der Waals surface area contributed by atoms with Crippen molar-refractivity contribution in [3.63, 3.8) is 0 Å². The third-order valence-corrected chi connectivity index (χ3v) is 3.75. The molecule has 0 spiro atoms. The van der Waals surface area contributed by atoms with Crippen LogP contribution in [0.25, 0.3) is 0 Å². The van der Waals surface area contributed by atoms with Gasteiger partial charge in [0.25, 0.3) is 0 Å². The van der Waals surface area contributed by atoms with Crippen molar-refractivity contribution in [1.82, 2.24) is 5.32 Å². The maximum atomic E-state index is 9.48. The van der Waals surface area contributed by atoms with Crippen molar-refractivity contribution in [2.75, 3.05) is 6.61 Å². The molecular weight excluding hydrogens is 246 g/mol. The molecule has 106 valence electrons. The van der Waals surface area contributed by atoms with E-state index in [0.717, 1.165) is 6.42 Å². The monoisotopic (exact) mass is 269 g/mol. The molecule has 0 aliphatic rings. The summed E-state index contributed by atoms with van der Waals surface area (Å²) in [5.74, 6) is 0. The van der Waals surface area contributed by atoms with E-state index < -0.39 is 0 Å². The first-order valence-electron chi connectivity index (χ1n) is 7.23. The lowest BCUT2D eigenvalue weighted by molar-refractivity contribution is 0.232. The predicted octanol–water partition coefficient (Wildman–Crippen LogP) is 3.44. The minimum Gasteiger partial charge on any atom is -0.395 e. The van der Waals surface area contributed by atoms with E-state index in [-0.39, 0.29) is 18.7 Å². The second-order valence-corrected chi connectivity index (χ2v) is 5.15. The molecule has 0 amide bonds. The summed E-state index contributed by atoms with van der Waals surface area (Å²) >= 11 is 0. The molecule has 0 aliphatic heterocycles. The lowest BCUT2D eigenvalue weighted by atomic mass is 9.94. The van der Waals surface area contributed by atoms with Crippen molar-refractivity contribution in [3.05, 3.63) is 71.3 Å². The first-order chi connectivity index (χ1) is 9.76. The van der Waals surface area contributed by atoms with Crippen molar-refractivity contribution >= 4 is 0 Å². The summed E-state index contributed by atoms with van der Waals surface area (Å²) in [6.45, 7) is 4.38. The SMILES string of the molecule is CCC(CO)NC(c1ccccc1)c1ccccc1C. The highest BCUT2D eigenvalue weighted by atomic mass is 16.3. The molecule has 0 bridgehead atoms. The summed E-state index contributed by atoms with van der Waals surface area (Å²) in [6.07, 6.45) is 0.908. The molecule has 0 saturated carbocycles. The maximum Gasteiger partial charge on any atom is 0.0584 e. The normalized spacial score (nSPS) is 13.9. The highest BCUT2D eigenvalue weighted by Crippen LogP contribution is 2.25. The number of benzene rings is 2. The Morgan fingerprint density at radius 2 is 1.65 bits per heavy atom. The van der Waals surface area contributed by atoms with Crippen LogP contribution < -0.4 is 5.32 Å². The summed E-state index contributed by atoms with van der Waals surface area (Å²) in [4.78, 5) is 0. The molecule has 0 saturated heterocycles. The summed E-state index contributed by atoms with van der Waals surface area (Å²) in [5, 5.41) is 13.1. The summed E-state index contributed by atoms with van der Waals surface area (Å²) in [7, 11) is 0. The number of hydrogen-bond acceptors (Lipinski definition) is 2. The van der Waals surface area contributed by atoms with E-state index >= 15 is 0 Å². The number of nitrogens with one attached hydrogen (secondary N) is 1. The van der Waals surface area contributed by atoms with Gasteiger partial charge in [-0.05, 0) is 30.0 Å². The number of hydrogen-bond donors (Lipinski definition) is 2. The fraction of sp³-hybridized carbons (Fsp3) is 0.333. The van der Waals surface area contributed by atoms with Crippen molar-refractivity contribution in [3.8, 4) is 0 Å². The van der Waals surface area contributed by atoms with Crippen LogP contribution in [-0.4, -0.2) is 17.8 Å². The Bertz CT molecular complexity index is 520. The van der Waals surface area contributed by atoms with Crippen LogP contribution in [0.5, 0.6) is 0 Å². The van der Waals surface area contributed by atoms with Crippen LogP contribution in [-0.2, 0) is 0 Å². The Kier molecular flexibility index (Phi) is 5.33. The van der Waals surface area contributed by atoms with Crippen molar-refractivity contribution in [1.29, 1.82) is 0 Å². The van der Waals surface area contributed by atoms with Gasteiger partial charge in [-0.15, -0.1) is 0 Å². The highest BCUT2D eigenvalue weighted by molar-refractivity contribution is 5.36. The van der Waals surface area contributed by atoms with E-state index in [1.165, 1.54) is 16.7 Å². The number of aliphatic hydroxyl groups excluding tert-OH is 1. The maximum absolute atomic E-state index is 9.48. The third-order valence-electron chi connectivity index (χ3n) is 3.75. The minimum atomic E-state index is 0.111. The molecule has 2 unspecified atom stereocenters. The molecule has 2 heteroatoms. The largest absolute Gasteiger partial charge is 0.395 e. The van der Waals surface area contributed by atoms with Crippen molar-refractivity contribution < 1.29 is 5.11 Å². The molecule has 2 aromatic rings. The van der Waals surface area contributed by atoms with Crippen LogP contribution in [0.15, 0.2) is 54.6 Å². The van der Waals surface area contributed by atoms with Gasteiger partial charge in [-0.2, -0.15) is 0 Å². The van der Waals surface area contributed by atoms with Crippen LogP contribution in [0.3, 0.4) is 0 Å². The number of aliphatic hydroxyl groups is 1. The molecule has 2 aromatic carbocycles. The van der Waals surface area contributed by atoms with E-state index in [0.29, 0.717) is 0 Å². The molecule has 0 heterocycles. The topological polar surface area (TPSA) is 32.3 Å². The number of aryl methyl sites for hydroxylation is 1. The van der Waals surface area contributed by atoms with Gasteiger partial charge in [-0.25, -0.2) is 0 Å². The van der Waals surface area contributed by atoms with Crippen molar-refractivity contribution in [2.45, 2.75) is 32.4 Å². The second-order valence-electron chi connectivity index (χ2n) is 5.15. The summed E-state index contributed by atoms with van der Waals surface area (Å²) < 4.78 is 0. The molecule has 0 radical (unpaired) electrons. The highest BCUT2D eigenvalue weighted by Gasteiger charge is 2.18. The lowest BCUT2D eigenvalue weighted by Crippen LogP contribution is -2.36. The first kappa shape index (κ1) is 14.8. The minimum absolute atomic E-state index is 0.111. The predicted molar refractivity (Wildman–Crippen MR) is 83.8 cm³/mol. The van der Waals surface area contributed by atoms with Gasteiger partial charge in [0.1, 0.15) is 0 Å². The van der Waals surface area contributed by atoms with Crippen LogP contribution in [0.4, 0.5) is 0 Å². The smallest absolute Gasteiger partial charge is 0.0584 e. The molecular formula is C18H23NO. The first-order valence-corrected chi connectivity index (χ1v) is 7.23. The molecule has 0 fully saturated rings. The second kappa shape index (κ2) is 7.22. The quantitative estimate of drug-likeness (QED) is 0.842. The molecule has 0 aromatic heterocycles. The van der Waals surface area contributed by atoms with Crippen molar-refractivity contribution in [2.24, 2.45) is 0 Å². The van der Waals surface area contributed by atoms with Crippen LogP contribution >= 0.6 is 0 Å². The standard InChI is InChI=1S/C18H23NO/c1-3-16(13-20)19-18(15-10-5-4-6-11-15)17-12-8-7-9-14(17)2/h4-12,16,18-20H,3,13H2,1-2H3. The zero-order chi connectivity index (χ0) is 14.4. The van der Waals surface area contributed by atoms with Gasteiger partial charge in [0.2, 0.25) is 0 Å². The van der Waals surface area contributed by atoms with E-state index in [1.54, 1.807) is 0 Å². The third kappa shape index (κ3) is 3.47. The Morgan fingerprint density at radius 1 is 1.00 bits per heavy atom. The van der Waals surface area contributed by atoms with Gasteiger partial charge in [-0.3, -0.25) is 0 Å². The molecule has 2 N–H and O–H groups in total. The molecule has 0 aliphatic carbocycles. The van der Waals surface area contributed by atoms with E-state index in [9.17, 15) is 5.11 Å². The van der Waals surface area contributed by atoms with Gasteiger partial charge in [-0.1, -0.05) is 61.5 Å². The fourth-order valence-corrected chi connectivity index (χ4v) is 2.46. The average Bonchev–Trinajstić information content (AvgIpc) is 2.51. The van der Waals surface area contributed by atoms with Crippen LogP contribution in [0.1, 0.15) is 36.1 Å². The van der Waals surface area contributed by atoms with E-state index in [2.05, 4.69) is 67.7 Å². The van der Waals surface area contributed by atoms with Gasteiger partial charge < -0.3 is 10.4 Å². The Morgan fingerprint density at radius 3 is 2.25 bits per heavy atom. The molecule has 2 nitrogen and oxygen atoms in total. The number of rotatable bonds is 6. The zero-order valence-electron chi connectivity index (χ0n) is 12.2. The van der Waals surface area contributed by atoms with Crippen LogP contribution in [0.2, 0.25) is 0 Å². The molecule has 20 heavy (non-hydrogen) atoms. The van der Waals surface area contributed by atoms with Gasteiger partial charge in [0.05, 0.1) is 12.6 Å².